The maximum Gasteiger partial charge on any atom is 0.238 e. The molecule has 1 aromatic carbocycles. The molecule has 0 unspecified atom stereocenters. The lowest BCUT2D eigenvalue weighted by Crippen LogP contribution is -2.33. The Morgan fingerprint density at radius 1 is 1.17 bits per heavy atom. The monoisotopic (exact) mass is 362 g/mol. The first kappa shape index (κ1) is 15.6. The number of hydrazine groups is 3. The number of fused-ring (bicyclic) bond motifs is 1. The van der Waals surface area contributed by atoms with Gasteiger partial charge in [-0.05, 0) is 29.1 Å². The van der Waals surface area contributed by atoms with E-state index in [1.807, 2.05) is 18.2 Å². The molecule has 0 amide bonds. The molecule has 0 saturated carbocycles. The second-order valence-corrected chi connectivity index (χ2v) is 7.87. The highest BCUT2D eigenvalue weighted by molar-refractivity contribution is 7.89. The minimum Gasteiger partial charge on any atom is -0.263 e. The number of hydrogen-bond donors (Lipinski definition) is 5. The average Bonchev–Trinajstić information content (AvgIpc) is 3.22. The Labute approximate surface area is 142 Å². The predicted molar refractivity (Wildman–Crippen MR) is 91.7 cm³/mol. The third-order valence-corrected chi connectivity index (χ3v) is 5.83. The fourth-order valence-electron chi connectivity index (χ4n) is 2.72. The molecule has 3 aromatic rings. The molecule has 0 spiro atoms. The number of aromatic nitrogens is 1. The van der Waals surface area contributed by atoms with Crippen molar-refractivity contribution in [3.05, 3.63) is 48.3 Å². The van der Waals surface area contributed by atoms with E-state index in [1.165, 1.54) is 6.07 Å². The molecule has 10 heteroatoms. The third kappa shape index (κ3) is 2.70. The van der Waals surface area contributed by atoms with E-state index in [2.05, 4.69) is 26.9 Å². The maximum atomic E-state index is 12.0. The zero-order chi connectivity index (χ0) is 16.7. The lowest BCUT2D eigenvalue weighted by Gasteiger charge is -2.17. The molecule has 8 nitrogen and oxygen atoms in total. The van der Waals surface area contributed by atoms with Crippen LogP contribution < -0.4 is 27.1 Å². The highest BCUT2D eigenvalue weighted by Crippen LogP contribution is 2.38. The van der Waals surface area contributed by atoms with E-state index in [-0.39, 0.29) is 4.90 Å². The van der Waals surface area contributed by atoms with Gasteiger partial charge in [0.25, 0.3) is 0 Å². The summed E-state index contributed by atoms with van der Waals surface area (Å²) in [4.78, 5) is 5.14. The molecule has 3 heterocycles. The van der Waals surface area contributed by atoms with Gasteiger partial charge in [-0.1, -0.05) is 12.1 Å². The van der Waals surface area contributed by atoms with Gasteiger partial charge >= 0.3 is 0 Å². The van der Waals surface area contributed by atoms with E-state index >= 15 is 0 Å². The van der Waals surface area contributed by atoms with Crippen LogP contribution in [0, 0.1) is 0 Å². The van der Waals surface area contributed by atoms with Gasteiger partial charge in [0.2, 0.25) is 10.0 Å². The quantitative estimate of drug-likeness (QED) is 0.466. The first-order valence-electron chi connectivity index (χ1n) is 7.05. The number of hydrogen-bond acceptors (Lipinski definition) is 8. The number of pyridine rings is 1. The molecule has 1 aliphatic heterocycles. The first-order chi connectivity index (χ1) is 11.5. The van der Waals surface area contributed by atoms with E-state index < -0.39 is 16.2 Å². The molecule has 4 rings (SSSR count). The van der Waals surface area contributed by atoms with Gasteiger partial charge in [0.1, 0.15) is 6.17 Å². The van der Waals surface area contributed by atoms with Gasteiger partial charge in [0.15, 0.2) is 0 Å². The number of nitrogens with one attached hydrogen (secondary N) is 4. The number of thiophene rings is 1. The van der Waals surface area contributed by atoms with Crippen LogP contribution in [-0.4, -0.2) is 13.4 Å². The molecule has 2 aromatic heterocycles. The van der Waals surface area contributed by atoms with E-state index in [9.17, 15) is 8.42 Å². The van der Waals surface area contributed by atoms with Crippen LogP contribution in [0.1, 0.15) is 11.7 Å². The van der Waals surface area contributed by atoms with Gasteiger partial charge in [-0.25, -0.2) is 24.4 Å². The van der Waals surface area contributed by atoms with Crippen LogP contribution in [-0.2, 0) is 10.0 Å². The second kappa shape index (κ2) is 5.86. The van der Waals surface area contributed by atoms with Gasteiger partial charge in [0.05, 0.1) is 9.60 Å². The van der Waals surface area contributed by atoms with Crippen molar-refractivity contribution >= 4 is 31.4 Å². The Hall–Kier alpha value is -1.92. The minimum absolute atomic E-state index is 0.0751. The van der Waals surface area contributed by atoms with Crippen LogP contribution in [0.15, 0.2) is 47.6 Å². The maximum absolute atomic E-state index is 12.0. The Morgan fingerprint density at radius 3 is 2.67 bits per heavy atom. The number of benzene rings is 1. The summed E-state index contributed by atoms with van der Waals surface area (Å²) in [6.07, 6.45) is 3.06. The van der Waals surface area contributed by atoms with Gasteiger partial charge in [-0.15, -0.1) is 11.3 Å². The van der Waals surface area contributed by atoms with E-state index in [1.54, 1.807) is 29.8 Å². The summed E-state index contributed by atoms with van der Waals surface area (Å²) >= 11 is 1.55. The number of nitrogens with zero attached hydrogens (tertiary/aromatic N) is 1. The van der Waals surface area contributed by atoms with Crippen molar-refractivity contribution in [3.63, 3.8) is 0 Å². The fraction of sp³-hybridized carbons (Fsp3) is 0.0714. The topological polar surface area (TPSA) is 121 Å². The summed E-state index contributed by atoms with van der Waals surface area (Å²) in [6.45, 7) is 0. The zero-order valence-electron chi connectivity index (χ0n) is 12.3. The second-order valence-electron chi connectivity index (χ2n) is 5.26. The smallest absolute Gasteiger partial charge is 0.238 e. The summed E-state index contributed by atoms with van der Waals surface area (Å²) in [7, 11) is -3.87. The Kier molecular flexibility index (Phi) is 3.81. The van der Waals surface area contributed by atoms with Crippen LogP contribution in [0.25, 0.3) is 20.5 Å². The van der Waals surface area contributed by atoms with Gasteiger partial charge in [-0.3, -0.25) is 4.98 Å². The molecular formula is C14H14N6O2S2. The highest BCUT2D eigenvalue weighted by Gasteiger charge is 2.27. The molecular weight excluding hydrogens is 348 g/mol. The van der Waals surface area contributed by atoms with Crippen molar-refractivity contribution in [2.45, 2.75) is 11.1 Å². The fourth-order valence-corrected chi connectivity index (χ4v) is 4.59. The predicted octanol–water partition coefficient (Wildman–Crippen LogP) is 0.726. The summed E-state index contributed by atoms with van der Waals surface area (Å²) in [5.74, 6) is 0. The molecule has 1 fully saturated rings. The van der Waals surface area contributed by atoms with Crippen molar-refractivity contribution in [1.82, 2.24) is 26.9 Å². The molecule has 1 saturated heterocycles. The van der Waals surface area contributed by atoms with Crippen molar-refractivity contribution in [2.24, 2.45) is 5.14 Å². The number of sulfonamides is 1. The van der Waals surface area contributed by atoms with Crippen LogP contribution in [0.2, 0.25) is 0 Å². The summed E-state index contributed by atoms with van der Waals surface area (Å²) in [5.41, 5.74) is 12.6. The van der Waals surface area contributed by atoms with Crippen LogP contribution in [0.4, 0.5) is 0 Å². The Morgan fingerprint density at radius 2 is 1.96 bits per heavy atom. The number of primary sulfonamides is 1. The zero-order valence-corrected chi connectivity index (χ0v) is 13.9. The van der Waals surface area contributed by atoms with Gasteiger partial charge < -0.3 is 0 Å². The Bertz CT molecular complexity index is 978. The van der Waals surface area contributed by atoms with Crippen LogP contribution in [0.3, 0.4) is 0 Å². The Balaban J connectivity index is 1.97. The van der Waals surface area contributed by atoms with Gasteiger partial charge in [0, 0.05) is 22.8 Å². The minimum atomic E-state index is -3.87. The standard InChI is InChI=1S/C14H14N6O2S2/c15-24(21,22)12-3-1-2-9(13(12)14-17-19-20-18-14)10-6-8-4-5-16-7-11(8)23-10/h1-7,14,17-20H,(H2,15,21,22). The average molecular weight is 362 g/mol. The molecule has 0 radical (unpaired) electrons. The number of nitrogens with two attached hydrogens (primary N) is 1. The molecule has 1 aliphatic rings. The van der Waals surface area contributed by atoms with Crippen molar-refractivity contribution < 1.29 is 8.42 Å². The summed E-state index contributed by atoms with van der Waals surface area (Å²) < 4.78 is 25.1. The lowest BCUT2D eigenvalue weighted by atomic mass is 10.0. The summed E-state index contributed by atoms with van der Waals surface area (Å²) in [5, 5.41) is 6.47. The van der Waals surface area contributed by atoms with E-state index in [0.29, 0.717) is 5.56 Å². The summed E-state index contributed by atoms with van der Waals surface area (Å²) in [6, 6.07) is 9.02. The molecule has 124 valence electrons. The molecule has 0 bridgehead atoms. The third-order valence-electron chi connectivity index (χ3n) is 3.75. The van der Waals surface area contributed by atoms with Gasteiger partial charge in [-0.2, -0.15) is 11.1 Å². The largest absolute Gasteiger partial charge is 0.263 e. The normalized spacial score (nSPS) is 16.0. The van der Waals surface area contributed by atoms with E-state index in [0.717, 1.165) is 20.5 Å². The molecule has 24 heavy (non-hydrogen) atoms. The molecule has 0 atom stereocenters. The lowest BCUT2D eigenvalue weighted by molar-refractivity contribution is 0.541. The SMILES string of the molecule is NS(=O)(=O)c1cccc(-c2cc3ccncc3s2)c1C1NNNN1. The molecule has 0 aliphatic carbocycles. The van der Waals surface area contributed by atoms with E-state index in [4.69, 9.17) is 5.14 Å². The first-order valence-corrected chi connectivity index (χ1v) is 9.41. The highest BCUT2D eigenvalue weighted by atomic mass is 32.2. The van der Waals surface area contributed by atoms with Crippen molar-refractivity contribution in [2.75, 3.05) is 0 Å². The van der Waals surface area contributed by atoms with Crippen molar-refractivity contribution in [3.8, 4) is 10.4 Å². The van der Waals surface area contributed by atoms with Crippen LogP contribution in [0.5, 0.6) is 0 Å². The van der Waals surface area contributed by atoms with Crippen molar-refractivity contribution in [1.29, 1.82) is 0 Å². The number of rotatable bonds is 3. The molecule has 6 N–H and O–H groups in total. The van der Waals surface area contributed by atoms with Crippen LogP contribution >= 0.6 is 11.3 Å².